The molecule has 2 amide bonds. The van der Waals surface area contributed by atoms with E-state index in [2.05, 4.69) is 10.3 Å². The van der Waals surface area contributed by atoms with E-state index in [4.69, 9.17) is 16.3 Å². The number of hydrogen-bond donors (Lipinski definition) is 1. The summed E-state index contributed by atoms with van der Waals surface area (Å²) in [5.41, 5.74) is 1.80. The second kappa shape index (κ2) is 10.5. The minimum atomic E-state index is -0.473. The second-order valence-corrected chi connectivity index (χ2v) is 8.33. The molecule has 1 fully saturated rings. The molecule has 2 aromatic carbocycles. The summed E-state index contributed by atoms with van der Waals surface area (Å²) in [7, 11) is 1.61. The van der Waals surface area contributed by atoms with E-state index in [1.54, 1.807) is 12.0 Å². The molecule has 30 heavy (non-hydrogen) atoms. The Morgan fingerprint density at radius 1 is 1.20 bits per heavy atom. The maximum absolute atomic E-state index is 13.0. The molecule has 0 aromatic heterocycles. The lowest BCUT2D eigenvalue weighted by Crippen LogP contribution is -2.36. The van der Waals surface area contributed by atoms with Crippen LogP contribution in [0.4, 0.5) is 5.69 Å². The number of hydrogen-bond acceptors (Lipinski definition) is 5. The van der Waals surface area contributed by atoms with Crippen LogP contribution in [-0.4, -0.2) is 47.3 Å². The van der Waals surface area contributed by atoms with Crippen LogP contribution in [0.3, 0.4) is 0 Å². The first-order valence-electron chi connectivity index (χ1n) is 9.72. The number of carbonyl (C=O) groups excluding carboxylic acids is 2. The number of halogens is 1. The van der Waals surface area contributed by atoms with Gasteiger partial charge < -0.3 is 10.1 Å². The normalized spacial score (nSPS) is 17.4. The Bertz CT molecular complexity index is 916. The van der Waals surface area contributed by atoms with Crippen molar-refractivity contribution in [2.45, 2.75) is 25.0 Å². The van der Waals surface area contributed by atoms with Crippen molar-refractivity contribution in [1.29, 1.82) is 0 Å². The van der Waals surface area contributed by atoms with Gasteiger partial charge in [0.15, 0.2) is 5.17 Å². The summed E-state index contributed by atoms with van der Waals surface area (Å²) < 4.78 is 5.19. The van der Waals surface area contributed by atoms with Gasteiger partial charge in [0.05, 0.1) is 12.8 Å². The Hall–Kier alpha value is -2.51. The summed E-state index contributed by atoms with van der Waals surface area (Å²) in [6.45, 7) is 2.88. The maximum Gasteiger partial charge on any atom is 0.242 e. The fourth-order valence-corrected chi connectivity index (χ4v) is 4.34. The molecular weight excluding hydrogens is 422 g/mol. The number of ether oxygens (including phenoxy) is 1. The first kappa shape index (κ1) is 22.2. The highest BCUT2D eigenvalue weighted by atomic mass is 35.5. The van der Waals surface area contributed by atoms with Crippen molar-refractivity contribution in [2.24, 2.45) is 4.99 Å². The van der Waals surface area contributed by atoms with Crippen LogP contribution >= 0.6 is 23.4 Å². The van der Waals surface area contributed by atoms with E-state index >= 15 is 0 Å². The standard InChI is InChI=1S/C22H24ClN3O3S/c1-3-24-20(27)14-19-21(28)26(13-12-15-4-6-16(23)7-5-15)22(30-19)25-17-8-10-18(29-2)11-9-17/h4-11,19H,3,12-14H2,1-2H3,(H,24,27)/t19-/m0/s1. The number of thioether (sulfide) groups is 1. The average Bonchev–Trinajstić information content (AvgIpc) is 3.02. The number of nitrogens with zero attached hydrogens (tertiary/aromatic N) is 2. The van der Waals surface area contributed by atoms with Gasteiger partial charge in [0.2, 0.25) is 11.8 Å². The number of amides is 2. The fraction of sp³-hybridized carbons (Fsp3) is 0.318. The topological polar surface area (TPSA) is 71.0 Å². The van der Waals surface area contributed by atoms with Crippen molar-refractivity contribution < 1.29 is 14.3 Å². The lowest BCUT2D eigenvalue weighted by molar-refractivity contribution is -0.129. The molecule has 0 radical (unpaired) electrons. The van der Waals surface area contributed by atoms with E-state index in [-0.39, 0.29) is 18.2 Å². The molecule has 2 aromatic rings. The predicted octanol–water partition coefficient (Wildman–Crippen LogP) is 4.05. The van der Waals surface area contributed by atoms with Crippen LogP contribution in [0.25, 0.3) is 0 Å². The summed E-state index contributed by atoms with van der Waals surface area (Å²) in [5.74, 6) is 0.516. The number of aliphatic imine (C=N–C) groups is 1. The molecular formula is C22H24ClN3O3S. The number of carbonyl (C=O) groups is 2. The number of methoxy groups -OCH3 is 1. The SMILES string of the molecule is CCNC(=O)C[C@@H]1SC(=Nc2ccc(OC)cc2)N(CCc2ccc(Cl)cc2)C1=O. The number of amidine groups is 1. The van der Waals surface area contributed by atoms with Crippen LogP contribution in [0.15, 0.2) is 53.5 Å². The van der Waals surface area contributed by atoms with Gasteiger partial charge in [-0.25, -0.2) is 4.99 Å². The third-order valence-electron chi connectivity index (χ3n) is 4.60. The Morgan fingerprint density at radius 3 is 2.53 bits per heavy atom. The van der Waals surface area contributed by atoms with E-state index < -0.39 is 5.25 Å². The maximum atomic E-state index is 13.0. The molecule has 0 unspecified atom stereocenters. The smallest absolute Gasteiger partial charge is 0.242 e. The molecule has 0 spiro atoms. The Morgan fingerprint density at radius 2 is 1.90 bits per heavy atom. The zero-order valence-corrected chi connectivity index (χ0v) is 18.5. The third kappa shape index (κ3) is 5.77. The molecule has 1 atom stereocenters. The van der Waals surface area contributed by atoms with E-state index in [0.717, 1.165) is 17.0 Å². The van der Waals surface area contributed by atoms with Gasteiger partial charge in [-0.1, -0.05) is 35.5 Å². The van der Waals surface area contributed by atoms with Crippen molar-refractivity contribution in [1.82, 2.24) is 10.2 Å². The van der Waals surface area contributed by atoms with E-state index in [0.29, 0.717) is 29.7 Å². The lowest BCUT2D eigenvalue weighted by Gasteiger charge is -2.16. The molecule has 6 nitrogen and oxygen atoms in total. The van der Waals surface area contributed by atoms with Crippen molar-refractivity contribution in [2.75, 3.05) is 20.2 Å². The Balaban J connectivity index is 1.79. The second-order valence-electron chi connectivity index (χ2n) is 6.72. The molecule has 1 N–H and O–H groups in total. The quantitative estimate of drug-likeness (QED) is 0.665. The zero-order chi connectivity index (χ0) is 21.5. The number of rotatable bonds is 8. The fourth-order valence-electron chi connectivity index (χ4n) is 3.03. The highest BCUT2D eigenvalue weighted by molar-refractivity contribution is 8.15. The van der Waals surface area contributed by atoms with Gasteiger partial charge in [-0.05, 0) is 55.3 Å². The monoisotopic (exact) mass is 445 g/mol. The van der Waals surface area contributed by atoms with Crippen LogP contribution in [0, 0.1) is 0 Å². The highest BCUT2D eigenvalue weighted by Gasteiger charge is 2.38. The van der Waals surface area contributed by atoms with Gasteiger partial charge in [-0.2, -0.15) is 0 Å². The number of nitrogens with one attached hydrogen (secondary N) is 1. The summed E-state index contributed by atoms with van der Waals surface area (Å²) in [4.78, 5) is 31.4. The van der Waals surface area contributed by atoms with Crippen molar-refractivity contribution >= 4 is 46.0 Å². The Kier molecular flexibility index (Phi) is 7.76. The van der Waals surface area contributed by atoms with Gasteiger partial charge in [-0.3, -0.25) is 14.5 Å². The van der Waals surface area contributed by atoms with Gasteiger partial charge in [0, 0.05) is 24.5 Å². The van der Waals surface area contributed by atoms with Crippen LogP contribution in [0.2, 0.25) is 5.02 Å². The molecule has 0 saturated carbocycles. The van der Waals surface area contributed by atoms with Crippen LogP contribution in [0.5, 0.6) is 5.75 Å². The largest absolute Gasteiger partial charge is 0.497 e. The van der Waals surface area contributed by atoms with Gasteiger partial charge in [0.1, 0.15) is 11.0 Å². The summed E-state index contributed by atoms with van der Waals surface area (Å²) in [6.07, 6.45) is 0.801. The molecule has 1 saturated heterocycles. The first-order chi connectivity index (χ1) is 14.5. The van der Waals surface area contributed by atoms with Gasteiger partial charge >= 0.3 is 0 Å². The summed E-state index contributed by atoms with van der Waals surface area (Å²) >= 11 is 7.29. The minimum Gasteiger partial charge on any atom is -0.497 e. The molecule has 8 heteroatoms. The van der Waals surface area contributed by atoms with Crippen LogP contribution < -0.4 is 10.1 Å². The molecule has 3 rings (SSSR count). The molecule has 1 aliphatic heterocycles. The van der Waals surface area contributed by atoms with Crippen molar-refractivity contribution in [3.8, 4) is 5.75 Å². The van der Waals surface area contributed by atoms with Crippen molar-refractivity contribution in [3.05, 3.63) is 59.1 Å². The van der Waals surface area contributed by atoms with E-state index in [1.165, 1.54) is 11.8 Å². The Labute approximate surface area is 185 Å². The van der Waals surface area contributed by atoms with Gasteiger partial charge in [-0.15, -0.1) is 0 Å². The van der Waals surface area contributed by atoms with E-state index in [9.17, 15) is 9.59 Å². The van der Waals surface area contributed by atoms with Crippen LogP contribution in [0.1, 0.15) is 18.9 Å². The molecule has 0 bridgehead atoms. The van der Waals surface area contributed by atoms with Crippen LogP contribution in [-0.2, 0) is 16.0 Å². The minimum absolute atomic E-state index is 0.0903. The van der Waals surface area contributed by atoms with E-state index in [1.807, 2.05) is 55.5 Å². The first-order valence-corrected chi connectivity index (χ1v) is 11.0. The number of benzene rings is 2. The zero-order valence-electron chi connectivity index (χ0n) is 16.9. The average molecular weight is 446 g/mol. The molecule has 158 valence electrons. The van der Waals surface area contributed by atoms with Gasteiger partial charge in [0.25, 0.3) is 0 Å². The molecule has 1 aliphatic rings. The lowest BCUT2D eigenvalue weighted by atomic mass is 10.1. The predicted molar refractivity (Wildman–Crippen MR) is 122 cm³/mol. The third-order valence-corrected chi connectivity index (χ3v) is 6.03. The molecule has 0 aliphatic carbocycles. The summed E-state index contributed by atoms with van der Waals surface area (Å²) in [6, 6.07) is 14.9. The molecule has 1 heterocycles. The van der Waals surface area contributed by atoms with Crippen molar-refractivity contribution in [3.63, 3.8) is 0 Å². The summed E-state index contributed by atoms with van der Waals surface area (Å²) in [5, 5.41) is 3.57. The highest BCUT2D eigenvalue weighted by Crippen LogP contribution is 2.32.